The smallest absolute Gasteiger partial charge is 0.122 e. The highest BCUT2D eigenvalue weighted by Crippen LogP contribution is 2.18. The molecule has 0 radical (unpaired) electrons. The number of hydrogen-bond donors (Lipinski definition) is 1. The van der Waals surface area contributed by atoms with Gasteiger partial charge in [0, 0.05) is 19.6 Å². The van der Waals surface area contributed by atoms with Crippen LogP contribution >= 0.6 is 12.4 Å². The lowest BCUT2D eigenvalue weighted by Crippen LogP contribution is -2.39. The zero-order valence-corrected chi connectivity index (χ0v) is 13.5. The van der Waals surface area contributed by atoms with Crippen LogP contribution in [0.15, 0.2) is 24.3 Å². The molecule has 21 heavy (non-hydrogen) atoms. The minimum atomic E-state index is -0.616. The van der Waals surface area contributed by atoms with E-state index in [1.165, 1.54) is 11.1 Å². The van der Waals surface area contributed by atoms with E-state index in [1.54, 1.807) is 0 Å². The molecule has 1 aromatic carbocycles. The van der Waals surface area contributed by atoms with Gasteiger partial charge < -0.3 is 9.84 Å². The Morgan fingerprint density at radius 2 is 2.05 bits per heavy atom. The van der Waals surface area contributed by atoms with Crippen molar-refractivity contribution in [3.63, 3.8) is 0 Å². The van der Waals surface area contributed by atoms with Crippen LogP contribution < -0.4 is 0 Å². The van der Waals surface area contributed by atoms with Crippen LogP contribution in [-0.4, -0.2) is 41.4 Å². The van der Waals surface area contributed by atoms with Crippen LogP contribution in [0.4, 0.5) is 0 Å². The third-order valence-electron chi connectivity index (χ3n) is 3.66. The number of nitrogens with zero attached hydrogens (tertiary/aromatic N) is 1. The van der Waals surface area contributed by atoms with E-state index in [0.29, 0.717) is 6.54 Å². The van der Waals surface area contributed by atoms with Crippen molar-refractivity contribution in [3.05, 3.63) is 35.4 Å². The summed E-state index contributed by atoms with van der Waals surface area (Å²) in [4.78, 5) is 2.26. The molecule has 3 nitrogen and oxygen atoms in total. The molecule has 1 heterocycles. The number of aliphatic hydroxyl groups is 1. The third kappa shape index (κ3) is 5.33. The number of fused-ring (bicyclic) bond motifs is 1. The molecular weight excluding hydrogens is 286 g/mol. The van der Waals surface area contributed by atoms with E-state index < -0.39 is 11.7 Å². The van der Waals surface area contributed by atoms with Crippen LogP contribution in [0.1, 0.15) is 25.0 Å². The highest BCUT2D eigenvalue weighted by atomic mass is 35.5. The third-order valence-corrected chi connectivity index (χ3v) is 3.66. The maximum atomic E-state index is 10.1. The molecule has 1 N–H and O–H groups in total. The second-order valence-corrected chi connectivity index (χ2v) is 5.87. The van der Waals surface area contributed by atoms with Crippen molar-refractivity contribution in [3.8, 4) is 12.3 Å². The van der Waals surface area contributed by atoms with Gasteiger partial charge in [0.1, 0.15) is 5.60 Å². The van der Waals surface area contributed by atoms with Gasteiger partial charge in [0.25, 0.3) is 0 Å². The Morgan fingerprint density at radius 1 is 1.38 bits per heavy atom. The number of rotatable bonds is 5. The Bertz CT molecular complexity index is 496. The number of hydrogen-bond acceptors (Lipinski definition) is 3. The molecule has 1 aliphatic heterocycles. The lowest BCUT2D eigenvalue weighted by molar-refractivity contribution is -0.0384. The molecule has 0 saturated heterocycles. The number of aliphatic hydroxyl groups excluding tert-OH is 1. The van der Waals surface area contributed by atoms with Crippen molar-refractivity contribution in [2.75, 3.05) is 19.7 Å². The van der Waals surface area contributed by atoms with Crippen LogP contribution in [0.3, 0.4) is 0 Å². The molecule has 2 rings (SSSR count). The average Bonchev–Trinajstić information content (AvgIpc) is 2.45. The molecule has 0 saturated carbocycles. The van der Waals surface area contributed by atoms with E-state index >= 15 is 0 Å². The van der Waals surface area contributed by atoms with E-state index in [9.17, 15) is 5.11 Å². The van der Waals surface area contributed by atoms with Crippen LogP contribution in [0.25, 0.3) is 0 Å². The zero-order chi connectivity index (χ0) is 14.6. The lowest BCUT2D eigenvalue weighted by Gasteiger charge is -2.31. The minimum absolute atomic E-state index is 0. The van der Waals surface area contributed by atoms with Gasteiger partial charge in [-0.25, -0.2) is 0 Å². The summed E-state index contributed by atoms with van der Waals surface area (Å²) in [6.07, 6.45) is 5.90. The molecule has 4 heteroatoms. The largest absolute Gasteiger partial charge is 0.389 e. The first-order chi connectivity index (χ1) is 9.50. The maximum absolute atomic E-state index is 10.1. The monoisotopic (exact) mass is 309 g/mol. The highest BCUT2D eigenvalue weighted by molar-refractivity contribution is 5.85. The van der Waals surface area contributed by atoms with Crippen LogP contribution in [0, 0.1) is 12.3 Å². The molecule has 0 aromatic heterocycles. The van der Waals surface area contributed by atoms with Crippen molar-refractivity contribution < 1.29 is 9.84 Å². The lowest BCUT2D eigenvalue weighted by atomic mass is 10.00. The number of terminal acetylenes is 1. The first kappa shape index (κ1) is 18.0. The van der Waals surface area contributed by atoms with E-state index in [2.05, 4.69) is 35.1 Å². The van der Waals surface area contributed by atoms with Crippen molar-refractivity contribution >= 4 is 12.4 Å². The Labute approximate surface area is 133 Å². The van der Waals surface area contributed by atoms with Gasteiger partial charge in [-0.1, -0.05) is 30.2 Å². The normalized spacial score (nSPS) is 16.5. The summed E-state index contributed by atoms with van der Waals surface area (Å²) in [5.41, 5.74) is 2.16. The minimum Gasteiger partial charge on any atom is -0.389 e. The van der Waals surface area contributed by atoms with Gasteiger partial charge in [-0.15, -0.1) is 18.8 Å². The van der Waals surface area contributed by atoms with Gasteiger partial charge in [-0.2, -0.15) is 0 Å². The molecule has 0 amide bonds. The van der Waals surface area contributed by atoms with Crippen molar-refractivity contribution in [1.82, 2.24) is 4.90 Å². The zero-order valence-electron chi connectivity index (χ0n) is 12.7. The van der Waals surface area contributed by atoms with Crippen molar-refractivity contribution in [1.29, 1.82) is 0 Å². The molecule has 1 unspecified atom stereocenters. The molecule has 0 fully saturated rings. The van der Waals surface area contributed by atoms with Gasteiger partial charge >= 0.3 is 0 Å². The molecule has 1 aliphatic rings. The highest BCUT2D eigenvalue weighted by Gasteiger charge is 2.21. The first-order valence-corrected chi connectivity index (χ1v) is 7.09. The molecule has 0 spiro atoms. The van der Waals surface area contributed by atoms with Crippen molar-refractivity contribution in [2.45, 2.75) is 38.5 Å². The van der Waals surface area contributed by atoms with E-state index in [4.69, 9.17) is 11.2 Å². The van der Waals surface area contributed by atoms with E-state index in [-0.39, 0.29) is 19.0 Å². The van der Waals surface area contributed by atoms with Gasteiger partial charge in [0.2, 0.25) is 0 Å². The maximum Gasteiger partial charge on any atom is 0.122 e. The Morgan fingerprint density at radius 3 is 2.71 bits per heavy atom. The predicted molar refractivity (Wildman–Crippen MR) is 87.5 cm³/mol. The van der Waals surface area contributed by atoms with Gasteiger partial charge in [0.15, 0.2) is 0 Å². The van der Waals surface area contributed by atoms with Crippen molar-refractivity contribution in [2.24, 2.45) is 0 Å². The molecule has 1 atom stereocenters. The summed E-state index contributed by atoms with van der Waals surface area (Å²) in [6.45, 7) is 6.43. The first-order valence-electron chi connectivity index (χ1n) is 7.09. The quantitative estimate of drug-likeness (QED) is 0.847. The second kappa shape index (κ2) is 7.82. The van der Waals surface area contributed by atoms with Gasteiger partial charge in [-0.05, 0) is 31.4 Å². The number of halogens is 1. The summed E-state index contributed by atoms with van der Waals surface area (Å²) in [7, 11) is 0. The van der Waals surface area contributed by atoms with Crippen LogP contribution in [0.2, 0.25) is 0 Å². The Balaban J connectivity index is 0.00000220. The van der Waals surface area contributed by atoms with Crippen LogP contribution in [-0.2, 0) is 17.7 Å². The second-order valence-electron chi connectivity index (χ2n) is 5.87. The fourth-order valence-electron chi connectivity index (χ4n) is 2.41. The number of β-amino-alcohol motifs (C(OH)–C–C–N with tert-alkyl or cyclic N) is 1. The van der Waals surface area contributed by atoms with E-state index in [0.717, 1.165) is 19.5 Å². The van der Waals surface area contributed by atoms with E-state index in [1.807, 2.05) is 13.8 Å². The summed E-state index contributed by atoms with van der Waals surface area (Å²) >= 11 is 0. The summed E-state index contributed by atoms with van der Waals surface area (Å²) in [5.74, 6) is 2.57. The predicted octanol–water partition coefficient (Wildman–Crippen LogP) is 2.26. The Kier molecular flexibility index (Phi) is 6.70. The fourth-order valence-corrected chi connectivity index (χ4v) is 2.41. The molecule has 116 valence electrons. The molecular formula is C17H24ClNO2. The standard InChI is InChI=1S/C17H23NO2.ClH/c1-4-17(2,3)20-13-16(19)12-18-10-9-14-7-5-6-8-15(14)11-18;/h1,5-8,16,19H,9-13H2,2-3H3;1H. The van der Waals surface area contributed by atoms with Crippen LogP contribution in [0.5, 0.6) is 0 Å². The molecule has 0 aliphatic carbocycles. The summed E-state index contributed by atoms with van der Waals surface area (Å²) in [6, 6.07) is 8.49. The SMILES string of the molecule is C#CC(C)(C)OCC(O)CN1CCc2ccccc2C1.Cl. The van der Waals surface area contributed by atoms with Gasteiger partial charge in [0.05, 0.1) is 12.7 Å². The summed E-state index contributed by atoms with van der Waals surface area (Å²) in [5, 5.41) is 10.1. The molecule has 1 aromatic rings. The average molecular weight is 310 g/mol. The number of benzene rings is 1. The molecule has 0 bridgehead atoms. The van der Waals surface area contributed by atoms with Gasteiger partial charge in [-0.3, -0.25) is 4.90 Å². The number of ether oxygens (including phenoxy) is 1. The Hall–Kier alpha value is -1.05. The topological polar surface area (TPSA) is 32.7 Å². The fraction of sp³-hybridized carbons (Fsp3) is 0.529. The summed E-state index contributed by atoms with van der Waals surface area (Å²) < 4.78 is 5.54.